The molecule has 5 heteroatoms. The number of hydrogen-bond donors (Lipinski definition) is 2. The molecule has 1 saturated heterocycles. The molecular formula is C14H21N3O2. The van der Waals surface area contributed by atoms with Crippen molar-refractivity contribution in [2.45, 2.75) is 18.9 Å². The molecule has 1 aromatic rings. The number of amides is 1. The van der Waals surface area contributed by atoms with Crippen LogP contribution < -0.4 is 11.1 Å². The zero-order chi connectivity index (χ0) is 13.8. The van der Waals surface area contributed by atoms with Crippen LogP contribution in [0.5, 0.6) is 0 Å². The Hall–Kier alpha value is -1.75. The summed E-state index contributed by atoms with van der Waals surface area (Å²) in [4.78, 5) is 13.4. The van der Waals surface area contributed by atoms with Gasteiger partial charge in [-0.05, 0) is 31.0 Å². The average Bonchev–Trinajstić information content (AvgIpc) is 2.41. The molecule has 1 aliphatic heterocycles. The SMILES string of the molecule is CN(C)C(=O)c1ccc(NC2CCCOC2)c(N)c1. The predicted octanol–water partition coefficient (Wildman–Crippen LogP) is 1.56. The van der Waals surface area contributed by atoms with Gasteiger partial charge in [0, 0.05) is 32.3 Å². The van der Waals surface area contributed by atoms with Gasteiger partial charge in [-0.2, -0.15) is 0 Å². The van der Waals surface area contributed by atoms with Gasteiger partial charge in [0.05, 0.1) is 18.0 Å². The van der Waals surface area contributed by atoms with E-state index in [2.05, 4.69) is 5.32 Å². The fourth-order valence-electron chi connectivity index (χ4n) is 2.16. The first-order valence-corrected chi connectivity index (χ1v) is 6.53. The largest absolute Gasteiger partial charge is 0.397 e. The Labute approximate surface area is 113 Å². The van der Waals surface area contributed by atoms with Gasteiger partial charge in [0.25, 0.3) is 5.91 Å². The van der Waals surface area contributed by atoms with Crippen LogP contribution >= 0.6 is 0 Å². The summed E-state index contributed by atoms with van der Waals surface area (Å²) in [6.07, 6.45) is 2.15. The molecule has 5 nitrogen and oxygen atoms in total. The van der Waals surface area contributed by atoms with Crippen molar-refractivity contribution in [2.75, 3.05) is 38.4 Å². The lowest BCUT2D eigenvalue weighted by Gasteiger charge is -2.25. The van der Waals surface area contributed by atoms with Gasteiger partial charge in [-0.15, -0.1) is 0 Å². The zero-order valence-corrected chi connectivity index (χ0v) is 11.5. The number of nitrogen functional groups attached to an aromatic ring is 1. The summed E-state index contributed by atoms with van der Waals surface area (Å²) in [5.74, 6) is -0.0424. The Morgan fingerprint density at radius 3 is 2.84 bits per heavy atom. The lowest BCUT2D eigenvalue weighted by Crippen LogP contribution is -2.30. The summed E-state index contributed by atoms with van der Waals surface area (Å²) < 4.78 is 5.42. The number of ether oxygens (including phenoxy) is 1. The minimum Gasteiger partial charge on any atom is -0.397 e. The fourth-order valence-corrected chi connectivity index (χ4v) is 2.16. The average molecular weight is 263 g/mol. The topological polar surface area (TPSA) is 67.6 Å². The molecule has 19 heavy (non-hydrogen) atoms. The monoisotopic (exact) mass is 263 g/mol. The molecule has 1 heterocycles. The Bertz CT molecular complexity index is 454. The van der Waals surface area contributed by atoms with E-state index in [-0.39, 0.29) is 5.91 Å². The highest BCUT2D eigenvalue weighted by Crippen LogP contribution is 2.23. The summed E-state index contributed by atoms with van der Waals surface area (Å²) >= 11 is 0. The maximum Gasteiger partial charge on any atom is 0.253 e. The van der Waals surface area contributed by atoms with Crippen LogP contribution in [0.15, 0.2) is 18.2 Å². The quantitative estimate of drug-likeness (QED) is 0.812. The molecule has 0 aromatic heterocycles. The molecule has 1 aliphatic rings. The van der Waals surface area contributed by atoms with E-state index in [4.69, 9.17) is 10.5 Å². The van der Waals surface area contributed by atoms with Gasteiger partial charge < -0.3 is 20.7 Å². The van der Waals surface area contributed by atoms with Crippen LogP contribution in [-0.2, 0) is 4.74 Å². The summed E-state index contributed by atoms with van der Waals surface area (Å²) in [6, 6.07) is 5.67. The van der Waals surface area contributed by atoms with Gasteiger partial charge in [-0.1, -0.05) is 0 Å². The van der Waals surface area contributed by atoms with E-state index in [0.717, 1.165) is 25.1 Å². The number of benzene rings is 1. The Morgan fingerprint density at radius 1 is 1.47 bits per heavy atom. The van der Waals surface area contributed by atoms with Crippen molar-refractivity contribution >= 4 is 17.3 Å². The second-order valence-electron chi connectivity index (χ2n) is 5.06. The molecule has 1 amide bonds. The lowest BCUT2D eigenvalue weighted by atomic mass is 10.1. The predicted molar refractivity (Wildman–Crippen MR) is 76.3 cm³/mol. The maximum absolute atomic E-state index is 11.8. The van der Waals surface area contributed by atoms with E-state index in [0.29, 0.717) is 23.9 Å². The van der Waals surface area contributed by atoms with Crippen molar-refractivity contribution in [3.63, 3.8) is 0 Å². The van der Waals surface area contributed by atoms with Gasteiger partial charge in [-0.25, -0.2) is 0 Å². The second kappa shape index (κ2) is 5.93. The first kappa shape index (κ1) is 13.7. The Kier molecular flexibility index (Phi) is 4.27. The molecule has 0 aliphatic carbocycles. The van der Waals surface area contributed by atoms with E-state index in [1.165, 1.54) is 4.90 Å². The molecule has 2 rings (SSSR count). The van der Waals surface area contributed by atoms with E-state index in [9.17, 15) is 4.79 Å². The van der Waals surface area contributed by atoms with E-state index < -0.39 is 0 Å². The molecule has 1 unspecified atom stereocenters. The number of carbonyl (C=O) groups is 1. The first-order valence-electron chi connectivity index (χ1n) is 6.53. The molecule has 104 valence electrons. The highest BCUT2D eigenvalue weighted by atomic mass is 16.5. The molecule has 0 bridgehead atoms. The number of anilines is 2. The molecule has 0 saturated carbocycles. The van der Waals surface area contributed by atoms with Crippen LogP contribution in [-0.4, -0.2) is 44.2 Å². The lowest BCUT2D eigenvalue weighted by molar-refractivity contribution is 0.0827. The minimum absolute atomic E-state index is 0.0424. The molecule has 0 radical (unpaired) electrons. The number of nitrogens with two attached hydrogens (primary N) is 1. The highest BCUT2D eigenvalue weighted by molar-refractivity contribution is 5.95. The van der Waals surface area contributed by atoms with Crippen LogP contribution in [0.1, 0.15) is 23.2 Å². The highest BCUT2D eigenvalue weighted by Gasteiger charge is 2.15. The summed E-state index contributed by atoms with van der Waals surface area (Å²) in [7, 11) is 3.45. The number of rotatable bonds is 3. The van der Waals surface area contributed by atoms with Crippen molar-refractivity contribution in [3.8, 4) is 0 Å². The first-order chi connectivity index (χ1) is 9.08. The van der Waals surface area contributed by atoms with Crippen molar-refractivity contribution < 1.29 is 9.53 Å². The minimum atomic E-state index is -0.0424. The van der Waals surface area contributed by atoms with E-state index >= 15 is 0 Å². The third kappa shape index (κ3) is 3.38. The number of carbonyl (C=O) groups excluding carboxylic acids is 1. The molecule has 3 N–H and O–H groups in total. The van der Waals surface area contributed by atoms with Gasteiger partial charge >= 0.3 is 0 Å². The van der Waals surface area contributed by atoms with Crippen molar-refractivity contribution in [1.82, 2.24) is 4.90 Å². The smallest absolute Gasteiger partial charge is 0.253 e. The number of hydrogen-bond acceptors (Lipinski definition) is 4. The standard InChI is InChI=1S/C14H21N3O2/c1-17(2)14(18)10-5-6-13(12(15)8-10)16-11-4-3-7-19-9-11/h5-6,8,11,16H,3-4,7,9,15H2,1-2H3. The van der Waals surface area contributed by atoms with Gasteiger partial charge in [0.2, 0.25) is 0 Å². The molecule has 1 fully saturated rings. The fraction of sp³-hybridized carbons (Fsp3) is 0.500. The van der Waals surface area contributed by atoms with Crippen molar-refractivity contribution in [3.05, 3.63) is 23.8 Å². The van der Waals surface area contributed by atoms with Gasteiger partial charge in [0.15, 0.2) is 0 Å². The van der Waals surface area contributed by atoms with E-state index in [1.807, 2.05) is 6.07 Å². The normalized spacial score (nSPS) is 18.9. The maximum atomic E-state index is 11.8. The summed E-state index contributed by atoms with van der Waals surface area (Å²) in [5.41, 5.74) is 8.07. The van der Waals surface area contributed by atoms with Gasteiger partial charge in [-0.3, -0.25) is 4.79 Å². The number of nitrogens with one attached hydrogen (secondary N) is 1. The van der Waals surface area contributed by atoms with Crippen LogP contribution in [0.3, 0.4) is 0 Å². The van der Waals surface area contributed by atoms with Crippen molar-refractivity contribution in [2.24, 2.45) is 0 Å². The summed E-state index contributed by atoms with van der Waals surface area (Å²) in [5, 5.41) is 3.37. The second-order valence-corrected chi connectivity index (χ2v) is 5.06. The van der Waals surface area contributed by atoms with Gasteiger partial charge in [0.1, 0.15) is 0 Å². The van der Waals surface area contributed by atoms with Crippen LogP contribution in [0, 0.1) is 0 Å². The zero-order valence-electron chi connectivity index (χ0n) is 11.5. The third-order valence-electron chi connectivity index (χ3n) is 3.22. The third-order valence-corrected chi connectivity index (χ3v) is 3.22. The van der Waals surface area contributed by atoms with Crippen LogP contribution in [0.4, 0.5) is 11.4 Å². The summed E-state index contributed by atoms with van der Waals surface area (Å²) in [6.45, 7) is 1.54. The van der Waals surface area contributed by atoms with E-state index in [1.54, 1.807) is 26.2 Å². The van der Waals surface area contributed by atoms with Crippen LogP contribution in [0.25, 0.3) is 0 Å². The van der Waals surface area contributed by atoms with Crippen molar-refractivity contribution in [1.29, 1.82) is 0 Å². The molecule has 1 atom stereocenters. The number of nitrogens with zero attached hydrogens (tertiary/aromatic N) is 1. The molecule has 0 spiro atoms. The Balaban J connectivity index is 2.08. The molecular weight excluding hydrogens is 242 g/mol. The van der Waals surface area contributed by atoms with Crippen LogP contribution in [0.2, 0.25) is 0 Å². The Morgan fingerprint density at radius 2 is 2.26 bits per heavy atom. The molecule has 1 aromatic carbocycles.